The zero-order valence-corrected chi connectivity index (χ0v) is 25.7. The Labute approximate surface area is 237 Å². The SMILES string of the molecule is CC(C)(C)[Si](C)(C)OC1CC(c2nc3nccc(C4CCN(C(=O)c5ccc(S(F)(F)(F)(F)F)cc5)CC4)c3[nH]2)C1. The minimum absolute atomic E-state index is 0.0464. The summed E-state index contributed by atoms with van der Waals surface area (Å²) in [4.78, 5) is 25.2. The van der Waals surface area contributed by atoms with Gasteiger partial charge in [0.05, 0.1) is 5.52 Å². The van der Waals surface area contributed by atoms with Crippen molar-refractivity contribution in [3.8, 4) is 0 Å². The monoisotopic (exact) mass is 616 g/mol. The van der Waals surface area contributed by atoms with E-state index in [0.29, 0.717) is 31.6 Å². The average Bonchev–Trinajstić information content (AvgIpc) is 3.27. The van der Waals surface area contributed by atoms with Crippen molar-refractivity contribution in [1.82, 2.24) is 19.9 Å². The van der Waals surface area contributed by atoms with Crippen molar-refractivity contribution in [2.45, 2.75) is 87.4 Å². The van der Waals surface area contributed by atoms with Crippen LogP contribution in [0.1, 0.15) is 80.0 Å². The number of nitrogens with zero attached hydrogens (tertiary/aromatic N) is 3. The summed E-state index contributed by atoms with van der Waals surface area (Å²) in [5.74, 6) is 0.874. The Morgan fingerprint density at radius 3 is 2.17 bits per heavy atom. The van der Waals surface area contributed by atoms with Crippen molar-refractivity contribution in [1.29, 1.82) is 0 Å². The summed E-state index contributed by atoms with van der Waals surface area (Å²) >= 11 is 0. The molecule has 1 aromatic carbocycles. The summed E-state index contributed by atoms with van der Waals surface area (Å²) in [6.45, 7) is 12.0. The minimum atomic E-state index is -9.78. The Hall–Kier alpha value is -2.51. The Morgan fingerprint density at radius 1 is 1.00 bits per heavy atom. The van der Waals surface area contributed by atoms with Crippen molar-refractivity contribution >= 4 is 35.6 Å². The maximum absolute atomic E-state index is 13.0. The van der Waals surface area contributed by atoms with Crippen LogP contribution in [0.15, 0.2) is 41.4 Å². The highest BCUT2D eigenvalue weighted by Crippen LogP contribution is 3.02. The van der Waals surface area contributed by atoms with Gasteiger partial charge in [-0.2, -0.15) is 0 Å². The number of piperidine rings is 1. The summed E-state index contributed by atoms with van der Waals surface area (Å²) in [5.41, 5.74) is 2.59. The quantitative estimate of drug-likeness (QED) is 0.222. The van der Waals surface area contributed by atoms with Gasteiger partial charge in [0.15, 0.2) is 14.0 Å². The van der Waals surface area contributed by atoms with Crippen LogP contribution in [0.2, 0.25) is 18.1 Å². The number of carbonyl (C=O) groups excluding carboxylic acids is 1. The van der Waals surface area contributed by atoms with Crippen LogP contribution in [0.5, 0.6) is 0 Å². The molecule has 0 spiro atoms. The molecule has 41 heavy (non-hydrogen) atoms. The molecule has 5 rings (SSSR count). The number of hydrogen-bond donors (Lipinski definition) is 1. The molecule has 0 bridgehead atoms. The van der Waals surface area contributed by atoms with Crippen LogP contribution in [0.4, 0.5) is 19.4 Å². The number of amides is 1. The van der Waals surface area contributed by atoms with Crippen molar-refractivity contribution in [2.24, 2.45) is 0 Å². The lowest BCUT2D eigenvalue weighted by Gasteiger charge is -2.44. The highest BCUT2D eigenvalue weighted by Gasteiger charge is 2.65. The van der Waals surface area contributed by atoms with Gasteiger partial charge in [-0.1, -0.05) is 40.2 Å². The third-order valence-electron chi connectivity index (χ3n) is 8.96. The Kier molecular flexibility index (Phi) is 6.75. The first-order valence-electron chi connectivity index (χ1n) is 13.9. The number of H-pyrrole nitrogens is 1. The fourth-order valence-electron chi connectivity index (χ4n) is 5.39. The molecule has 0 radical (unpaired) electrons. The first-order chi connectivity index (χ1) is 18.7. The molecule has 0 unspecified atom stereocenters. The second-order valence-electron chi connectivity index (χ2n) is 12.9. The summed E-state index contributed by atoms with van der Waals surface area (Å²) in [7, 11) is -11.6. The predicted octanol–water partition coefficient (Wildman–Crippen LogP) is 8.90. The van der Waals surface area contributed by atoms with E-state index in [1.165, 1.54) is 0 Å². The summed E-state index contributed by atoms with van der Waals surface area (Å²) in [6, 6.07) is 4.18. The topological polar surface area (TPSA) is 71.1 Å². The van der Waals surface area contributed by atoms with Crippen molar-refractivity contribution in [2.75, 3.05) is 13.1 Å². The van der Waals surface area contributed by atoms with E-state index in [2.05, 4.69) is 43.8 Å². The fraction of sp³-hybridized carbons (Fsp3) is 0.536. The maximum Gasteiger partial charge on any atom is 0.310 e. The summed E-state index contributed by atoms with van der Waals surface area (Å²) in [5, 5.41) is 0.160. The second-order valence-corrected chi connectivity index (χ2v) is 20.1. The van der Waals surface area contributed by atoms with Crippen molar-refractivity contribution in [3.05, 3.63) is 53.5 Å². The molecule has 1 saturated carbocycles. The molecule has 3 aromatic rings. The lowest BCUT2D eigenvalue weighted by atomic mass is 9.82. The molecule has 2 fully saturated rings. The van der Waals surface area contributed by atoms with Gasteiger partial charge in [0.25, 0.3) is 5.91 Å². The van der Waals surface area contributed by atoms with E-state index >= 15 is 0 Å². The van der Waals surface area contributed by atoms with E-state index in [9.17, 15) is 24.2 Å². The number of hydrogen-bond acceptors (Lipinski definition) is 4. The predicted molar refractivity (Wildman–Crippen MR) is 154 cm³/mol. The Morgan fingerprint density at radius 2 is 1.61 bits per heavy atom. The molecule has 226 valence electrons. The van der Waals surface area contributed by atoms with Gasteiger partial charge in [0.2, 0.25) is 0 Å². The zero-order valence-electron chi connectivity index (χ0n) is 23.9. The Bertz CT molecular complexity index is 1460. The number of aromatic amines is 1. The number of benzene rings is 1. The summed E-state index contributed by atoms with van der Waals surface area (Å²) < 4.78 is 71.7. The molecule has 6 nitrogen and oxygen atoms in total. The fourth-order valence-corrected chi connectivity index (χ4v) is 7.42. The number of likely N-dealkylation sites (tertiary alicyclic amines) is 1. The molecule has 1 N–H and O–H groups in total. The largest absolute Gasteiger partial charge is 0.414 e. The standard InChI is InChI=1S/C28H37F5N4O2SSi/c1-28(2,3)41(4,5)39-21-16-20(17-21)25-35-24-23(10-13-34-26(24)36-25)18-11-14-37(15-12-18)27(38)19-6-8-22(9-7-19)40(29,30,31,32)33/h6-10,13,18,20-21H,11-12,14-17H2,1-5H3,(H,34,35,36). The van der Waals surface area contributed by atoms with Crippen LogP contribution in [-0.2, 0) is 4.43 Å². The third-order valence-corrected chi connectivity index (χ3v) is 14.7. The number of nitrogens with one attached hydrogen (secondary N) is 1. The van der Waals surface area contributed by atoms with Gasteiger partial charge in [-0.15, -0.1) is 0 Å². The number of halogens is 5. The molecular weight excluding hydrogens is 579 g/mol. The van der Waals surface area contributed by atoms with E-state index in [4.69, 9.17) is 9.41 Å². The average molecular weight is 617 g/mol. The lowest BCUT2D eigenvalue weighted by molar-refractivity contribution is 0.0712. The number of imidazole rings is 1. The van der Waals surface area contributed by atoms with Gasteiger partial charge in [0.1, 0.15) is 10.7 Å². The van der Waals surface area contributed by atoms with Gasteiger partial charge >= 0.3 is 10.2 Å². The van der Waals surface area contributed by atoms with Gasteiger partial charge in [-0.3, -0.25) is 4.79 Å². The highest BCUT2D eigenvalue weighted by atomic mass is 32.5. The third kappa shape index (κ3) is 6.17. The first-order valence-corrected chi connectivity index (χ1v) is 18.7. The molecule has 2 aromatic heterocycles. The zero-order chi connectivity index (χ0) is 30.1. The number of fused-ring (bicyclic) bond motifs is 1. The summed E-state index contributed by atoms with van der Waals surface area (Å²) in [6.07, 6.45) is 5.12. The molecule has 3 heterocycles. The highest BCUT2D eigenvalue weighted by molar-refractivity contribution is 8.45. The molecule has 1 aliphatic heterocycles. The van der Waals surface area contributed by atoms with Crippen molar-refractivity contribution < 1.29 is 28.6 Å². The minimum Gasteiger partial charge on any atom is -0.414 e. The Balaban J connectivity index is 1.22. The van der Waals surface area contributed by atoms with Crippen molar-refractivity contribution in [3.63, 3.8) is 0 Å². The van der Waals surface area contributed by atoms with Gasteiger partial charge in [-0.25, -0.2) is 9.97 Å². The van der Waals surface area contributed by atoms with E-state index in [1.54, 1.807) is 11.1 Å². The molecule has 1 amide bonds. The van der Waals surface area contributed by atoms with E-state index < -0.39 is 29.3 Å². The van der Waals surface area contributed by atoms with Crippen LogP contribution in [-0.4, -0.2) is 53.3 Å². The van der Waals surface area contributed by atoms with E-state index in [0.717, 1.165) is 41.9 Å². The normalized spacial score (nSPS) is 22.7. The first kappa shape index (κ1) is 30.0. The van der Waals surface area contributed by atoms with Gasteiger partial charge < -0.3 is 14.3 Å². The molecule has 1 aliphatic carbocycles. The number of aromatic nitrogens is 3. The number of pyridine rings is 1. The van der Waals surface area contributed by atoms with Crippen LogP contribution in [0, 0.1) is 0 Å². The molecule has 1 saturated heterocycles. The lowest BCUT2D eigenvalue weighted by Crippen LogP contribution is -2.47. The van der Waals surface area contributed by atoms with Crippen LogP contribution in [0.3, 0.4) is 0 Å². The smallest absolute Gasteiger partial charge is 0.310 e. The van der Waals surface area contributed by atoms with Gasteiger partial charge in [0, 0.05) is 36.9 Å². The number of carbonyl (C=O) groups is 1. The van der Waals surface area contributed by atoms with Crippen LogP contribution < -0.4 is 0 Å². The van der Waals surface area contributed by atoms with Crippen LogP contribution >= 0.6 is 10.2 Å². The van der Waals surface area contributed by atoms with E-state index in [1.807, 2.05) is 6.07 Å². The molecular formula is C28H37F5N4O2SSi. The number of rotatable bonds is 6. The molecule has 2 aliphatic rings. The van der Waals surface area contributed by atoms with Crippen LogP contribution in [0.25, 0.3) is 11.2 Å². The molecule has 0 atom stereocenters. The second kappa shape index (κ2) is 9.24. The maximum atomic E-state index is 13.0. The van der Waals surface area contributed by atoms with E-state index in [-0.39, 0.29) is 40.7 Å². The molecule has 13 heteroatoms. The van der Waals surface area contributed by atoms with Gasteiger partial charge in [-0.05, 0) is 85.6 Å².